The van der Waals surface area contributed by atoms with Crippen molar-refractivity contribution in [2.75, 3.05) is 19.6 Å². The fourth-order valence-electron chi connectivity index (χ4n) is 6.43. The van der Waals surface area contributed by atoms with E-state index in [2.05, 4.69) is 34.1 Å². The van der Waals surface area contributed by atoms with Gasteiger partial charge in [0.1, 0.15) is 6.33 Å². The Hall–Kier alpha value is -3.45. The van der Waals surface area contributed by atoms with E-state index in [0.29, 0.717) is 18.7 Å². The van der Waals surface area contributed by atoms with Gasteiger partial charge in [-0.3, -0.25) is 9.36 Å². The highest BCUT2D eigenvalue weighted by atomic mass is 35.5. The lowest BCUT2D eigenvalue weighted by Crippen LogP contribution is -2.54. The number of amides is 1. The fourth-order valence-corrected chi connectivity index (χ4v) is 6.43. The average Bonchev–Trinajstić information content (AvgIpc) is 3.44. The van der Waals surface area contributed by atoms with Gasteiger partial charge < -0.3 is 15.3 Å². The van der Waals surface area contributed by atoms with Crippen molar-refractivity contribution in [2.24, 2.45) is 0 Å². The Balaban J connectivity index is 0.00000337. The minimum absolute atomic E-state index is 0. The van der Waals surface area contributed by atoms with Crippen LogP contribution in [0, 0.1) is 0 Å². The molecule has 41 heavy (non-hydrogen) atoms. The Labute approximate surface area is 248 Å². The van der Waals surface area contributed by atoms with E-state index in [-0.39, 0.29) is 24.4 Å². The fraction of sp³-hybridized carbons (Fsp3) is 0.353. The molecule has 7 heteroatoms. The maximum atomic E-state index is 14.3. The molecule has 1 aromatic heterocycles. The first kappa shape index (κ1) is 29.1. The van der Waals surface area contributed by atoms with E-state index in [1.807, 2.05) is 65.6 Å². The molecule has 4 aromatic rings. The quantitative estimate of drug-likeness (QED) is 0.292. The Morgan fingerprint density at radius 3 is 2.37 bits per heavy atom. The maximum Gasteiger partial charge on any atom is 0.275 e. The number of rotatable bonds is 7. The van der Waals surface area contributed by atoms with Crippen LogP contribution in [0.2, 0.25) is 0 Å². The van der Waals surface area contributed by atoms with Crippen LogP contribution in [-0.2, 0) is 12.8 Å². The molecule has 2 aliphatic rings. The Bertz CT molecular complexity index is 1430. The van der Waals surface area contributed by atoms with Crippen molar-refractivity contribution in [3.05, 3.63) is 108 Å². The summed E-state index contributed by atoms with van der Waals surface area (Å²) >= 11 is 0. The van der Waals surface area contributed by atoms with Gasteiger partial charge in [0.05, 0.1) is 17.0 Å². The zero-order valence-corrected chi connectivity index (χ0v) is 24.2. The van der Waals surface area contributed by atoms with Crippen molar-refractivity contribution < 1.29 is 9.90 Å². The van der Waals surface area contributed by atoms with Gasteiger partial charge in [-0.1, -0.05) is 98.1 Å². The lowest BCUT2D eigenvalue weighted by molar-refractivity contribution is 0.00447. The summed E-state index contributed by atoms with van der Waals surface area (Å²) < 4.78 is 2.05. The minimum Gasteiger partial charge on any atom is -0.390 e. The molecule has 0 spiro atoms. The summed E-state index contributed by atoms with van der Waals surface area (Å²) in [5.74, 6) is -0.0385. The number of benzene rings is 3. The predicted octanol–water partition coefficient (Wildman–Crippen LogP) is 5.86. The molecule has 1 atom stereocenters. The van der Waals surface area contributed by atoms with Gasteiger partial charge in [-0.25, -0.2) is 4.98 Å². The van der Waals surface area contributed by atoms with Crippen LogP contribution < -0.4 is 5.32 Å². The Morgan fingerprint density at radius 2 is 1.61 bits per heavy atom. The van der Waals surface area contributed by atoms with Crippen molar-refractivity contribution in [3.63, 3.8) is 0 Å². The number of hydrogen-bond acceptors (Lipinski definition) is 4. The van der Waals surface area contributed by atoms with E-state index in [4.69, 9.17) is 4.98 Å². The molecule has 1 aliphatic carbocycles. The van der Waals surface area contributed by atoms with Crippen LogP contribution >= 0.6 is 12.4 Å². The van der Waals surface area contributed by atoms with E-state index < -0.39 is 5.60 Å². The summed E-state index contributed by atoms with van der Waals surface area (Å²) in [5, 5.41) is 14.9. The second kappa shape index (κ2) is 13.0. The maximum absolute atomic E-state index is 14.3. The van der Waals surface area contributed by atoms with Gasteiger partial charge in [-0.2, -0.15) is 0 Å². The number of carbonyl (C=O) groups excluding carboxylic acids is 1. The number of para-hydroxylation sites is 1. The van der Waals surface area contributed by atoms with Crippen molar-refractivity contribution in [1.82, 2.24) is 19.8 Å². The van der Waals surface area contributed by atoms with Gasteiger partial charge in [-0.15, -0.1) is 12.4 Å². The first-order valence-corrected chi connectivity index (χ1v) is 14.6. The van der Waals surface area contributed by atoms with Crippen molar-refractivity contribution in [1.29, 1.82) is 0 Å². The van der Waals surface area contributed by atoms with Crippen LogP contribution in [0.4, 0.5) is 0 Å². The zero-order valence-electron chi connectivity index (χ0n) is 23.4. The average molecular weight is 571 g/mol. The third kappa shape index (κ3) is 6.40. The SMILES string of the molecule is Cl.O=C(c1ncn(-c2ccccc2CC2(O)CCCCC2)c1-c1ccccc1)N1CCNC[C@H]1Cc1ccccc1. The molecule has 0 unspecified atom stereocenters. The van der Waals surface area contributed by atoms with Gasteiger partial charge in [0, 0.05) is 37.7 Å². The standard InChI is InChI=1S/C34H38N4O2.ClH/c39-33(37-21-20-35-24-29(37)22-26-12-4-1-5-13-26)31-32(27-14-6-2-7-15-27)38(25-36-31)30-17-9-8-16-28(30)23-34(40)18-10-3-11-19-34;/h1-2,4-9,12-17,25,29,35,40H,3,10-11,18-24H2;1H/t29-;/m1./s1. The lowest BCUT2D eigenvalue weighted by atomic mass is 9.80. The largest absolute Gasteiger partial charge is 0.390 e. The monoisotopic (exact) mass is 570 g/mol. The number of imidazole rings is 1. The Kier molecular flexibility index (Phi) is 9.23. The molecule has 0 radical (unpaired) electrons. The highest BCUT2D eigenvalue weighted by Crippen LogP contribution is 2.35. The summed E-state index contributed by atoms with van der Waals surface area (Å²) in [6.07, 6.45) is 8.13. The van der Waals surface area contributed by atoms with Crippen LogP contribution in [0.3, 0.4) is 0 Å². The number of nitrogens with one attached hydrogen (secondary N) is 1. The zero-order chi connectivity index (χ0) is 27.4. The molecule has 1 amide bonds. The molecule has 1 saturated carbocycles. The molecule has 2 fully saturated rings. The van der Waals surface area contributed by atoms with Crippen LogP contribution in [0.15, 0.2) is 91.3 Å². The molecule has 1 aliphatic heterocycles. The third-order valence-electron chi connectivity index (χ3n) is 8.50. The number of halogens is 1. The number of aromatic nitrogens is 2. The van der Waals surface area contributed by atoms with E-state index in [1.54, 1.807) is 6.33 Å². The van der Waals surface area contributed by atoms with E-state index >= 15 is 0 Å². The molecule has 6 rings (SSSR count). The summed E-state index contributed by atoms with van der Waals surface area (Å²) in [5.41, 5.74) is 4.79. The second-order valence-corrected chi connectivity index (χ2v) is 11.3. The number of piperazine rings is 1. The summed E-state index contributed by atoms with van der Waals surface area (Å²) in [4.78, 5) is 21.1. The van der Waals surface area contributed by atoms with Crippen LogP contribution in [0.5, 0.6) is 0 Å². The molecule has 214 valence electrons. The number of carbonyl (C=O) groups is 1. The van der Waals surface area contributed by atoms with E-state index in [0.717, 1.165) is 67.7 Å². The van der Waals surface area contributed by atoms with E-state index in [1.165, 1.54) is 12.0 Å². The first-order chi connectivity index (χ1) is 19.6. The number of nitrogens with zero attached hydrogens (tertiary/aromatic N) is 3. The van der Waals surface area contributed by atoms with Gasteiger partial charge in [0.2, 0.25) is 0 Å². The first-order valence-electron chi connectivity index (χ1n) is 14.6. The highest BCUT2D eigenvalue weighted by Gasteiger charge is 2.33. The van der Waals surface area contributed by atoms with Crippen LogP contribution in [0.25, 0.3) is 16.9 Å². The molecular formula is C34H39ClN4O2. The molecular weight excluding hydrogens is 532 g/mol. The van der Waals surface area contributed by atoms with Gasteiger partial charge in [0.15, 0.2) is 5.69 Å². The third-order valence-corrected chi connectivity index (χ3v) is 8.50. The number of aliphatic hydroxyl groups is 1. The molecule has 1 saturated heterocycles. The normalized spacial score (nSPS) is 18.5. The molecule has 6 nitrogen and oxygen atoms in total. The topological polar surface area (TPSA) is 70.4 Å². The van der Waals surface area contributed by atoms with Gasteiger partial charge in [0.25, 0.3) is 5.91 Å². The molecule has 2 heterocycles. The van der Waals surface area contributed by atoms with E-state index in [9.17, 15) is 9.90 Å². The number of hydrogen-bond donors (Lipinski definition) is 2. The van der Waals surface area contributed by atoms with Crippen molar-refractivity contribution in [3.8, 4) is 16.9 Å². The van der Waals surface area contributed by atoms with Crippen LogP contribution in [0.1, 0.15) is 53.7 Å². The highest BCUT2D eigenvalue weighted by molar-refractivity contribution is 5.99. The van der Waals surface area contributed by atoms with Crippen molar-refractivity contribution >= 4 is 18.3 Å². The summed E-state index contributed by atoms with van der Waals surface area (Å²) in [6.45, 7) is 2.16. The molecule has 2 N–H and O–H groups in total. The van der Waals surface area contributed by atoms with Crippen molar-refractivity contribution in [2.45, 2.75) is 56.6 Å². The smallest absolute Gasteiger partial charge is 0.275 e. The van der Waals surface area contributed by atoms with Crippen LogP contribution in [-0.4, -0.2) is 56.7 Å². The summed E-state index contributed by atoms with van der Waals surface area (Å²) in [7, 11) is 0. The predicted molar refractivity (Wildman–Crippen MR) is 166 cm³/mol. The summed E-state index contributed by atoms with van der Waals surface area (Å²) in [6, 6.07) is 28.7. The molecule has 3 aromatic carbocycles. The van der Waals surface area contributed by atoms with Gasteiger partial charge >= 0.3 is 0 Å². The minimum atomic E-state index is -0.689. The van der Waals surface area contributed by atoms with Gasteiger partial charge in [-0.05, 0) is 36.5 Å². The lowest BCUT2D eigenvalue weighted by Gasteiger charge is -2.36. The molecule has 0 bridgehead atoms. The second-order valence-electron chi connectivity index (χ2n) is 11.3. The Morgan fingerprint density at radius 1 is 0.927 bits per heavy atom.